The van der Waals surface area contributed by atoms with Crippen LogP contribution < -0.4 is 15.5 Å². The summed E-state index contributed by atoms with van der Waals surface area (Å²) in [5.74, 6) is 0.186. The molecule has 1 aromatic carbocycles. The maximum atomic E-state index is 14.3. The number of pyridine rings is 2. The number of benzene rings is 1. The molecule has 0 radical (unpaired) electrons. The Morgan fingerprint density at radius 2 is 1.89 bits per heavy atom. The van der Waals surface area contributed by atoms with Crippen molar-refractivity contribution >= 4 is 51.6 Å². The number of aromatic hydroxyl groups is 1. The number of aryl methyl sites for hydroxylation is 1. The van der Waals surface area contributed by atoms with E-state index in [1.165, 1.54) is 16.7 Å². The molecule has 3 aromatic heterocycles. The van der Waals surface area contributed by atoms with Crippen LogP contribution in [0.4, 0.5) is 11.5 Å². The van der Waals surface area contributed by atoms with Gasteiger partial charge in [-0.2, -0.15) is 4.98 Å². The van der Waals surface area contributed by atoms with Crippen molar-refractivity contribution in [2.24, 2.45) is 0 Å². The van der Waals surface area contributed by atoms with Gasteiger partial charge >= 0.3 is 5.69 Å². The number of rotatable bonds is 4. The number of likely N-dealkylation sites (N-methyl/N-ethyl adjacent to an activating group) is 1. The van der Waals surface area contributed by atoms with Crippen molar-refractivity contribution in [3.05, 3.63) is 74.9 Å². The Bertz CT molecular complexity index is 1890. The Balaban J connectivity index is 1.77. The lowest BCUT2D eigenvalue weighted by Gasteiger charge is -2.46. The summed E-state index contributed by atoms with van der Waals surface area (Å²) in [4.78, 5) is 47.3. The molecular formula is C32H33Cl2N7O3. The first-order valence-corrected chi connectivity index (χ1v) is 15.2. The normalized spacial score (nSPS) is 18.0. The first-order valence-electron chi connectivity index (χ1n) is 14.4. The molecule has 2 atom stereocenters. The zero-order chi connectivity index (χ0) is 31.6. The molecule has 0 saturated carbocycles. The number of phenols is 1. The quantitative estimate of drug-likeness (QED) is 0.301. The molecule has 2 aliphatic heterocycles. The summed E-state index contributed by atoms with van der Waals surface area (Å²) in [6.45, 7) is 12.9. The van der Waals surface area contributed by atoms with Gasteiger partial charge in [0.05, 0.1) is 49.8 Å². The zero-order valence-corrected chi connectivity index (χ0v) is 26.7. The lowest BCUT2D eigenvalue weighted by atomic mass is 10.0. The van der Waals surface area contributed by atoms with Gasteiger partial charge in [0.15, 0.2) is 5.65 Å². The first kappa shape index (κ1) is 29.9. The molecule has 2 unspecified atom stereocenters. The fourth-order valence-electron chi connectivity index (χ4n) is 6.57. The van der Waals surface area contributed by atoms with E-state index >= 15 is 0 Å². The number of hydrogen-bond donors (Lipinski definition) is 1. The monoisotopic (exact) mass is 633 g/mol. The van der Waals surface area contributed by atoms with E-state index in [1.807, 2.05) is 45.7 Å². The number of carbonyl (C=O) groups is 1. The predicted molar refractivity (Wildman–Crippen MR) is 175 cm³/mol. The number of aromatic nitrogens is 4. The lowest BCUT2D eigenvalue weighted by Crippen LogP contribution is -2.61. The number of piperazine rings is 1. The van der Waals surface area contributed by atoms with Gasteiger partial charge in [0.1, 0.15) is 11.6 Å². The number of nitrogens with zero attached hydrogens (tertiary/aromatic N) is 7. The molecule has 1 saturated heterocycles. The van der Waals surface area contributed by atoms with Crippen LogP contribution in [0.1, 0.15) is 37.9 Å². The number of carbonyl (C=O) groups excluding carboxylic acids is 1. The van der Waals surface area contributed by atoms with Gasteiger partial charge in [-0.3, -0.25) is 9.78 Å². The van der Waals surface area contributed by atoms with Crippen LogP contribution in [0.15, 0.2) is 47.9 Å². The van der Waals surface area contributed by atoms with E-state index in [1.54, 1.807) is 23.2 Å². The van der Waals surface area contributed by atoms with Crippen molar-refractivity contribution in [1.29, 1.82) is 0 Å². The number of phenolic OH excluding ortho intramolecular Hbond substituents is 1. The average Bonchev–Trinajstić information content (AvgIpc) is 3.09. The van der Waals surface area contributed by atoms with E-state index < -0.39 is 5.69 Å². The minimum Gasteiger partial charge on any atom is -0.507 e. The Hall–Kier alpha value is -4.15. The van der Waals surface area contributed by atoms with E-state index in [9.17, 15) is 14.7 Å². The largest absolute Gasteiger partial charge is 0.507 e. The molecule has 44 heavy (non-hydrogen) atoms. The van der Waals surface area contributed by atoms with Gasteiger partial charge in [0.2, 0.25) is 5.91 Å². The van der Waals surface area contributed by atoms with Crippen LogP contribution in [0.3, 0.4) is 0 Å². The zero-order valence-electron chi connectivity index (χ0n) is 25.2. The summed E-state index contributed by atoms with van der Waals surface area (Å²) in [6, 6.07) is 6.26. The summed E-state index contributed by atoms with van der Waals surface area (Å²) in [5, 5.41) is 12.1. The van der Waals surface area contributed by atoms with Crippen molar-refractivity contribution in [3.8, 4) is 22.7 Å². The second kappa shape index (κ2) is 11.1. The number of anilines is 2. The smallest absolute Gasteiger partial charge is 0.355 e. The molecule has 6 rings (SSSR count). The highest BCUT2D eigenvalue weighted by atomic mass is 35.5. The van der Waals surface area contributed by atoms with E-state index in [0.717, 1.165) is 11.3 Å². The van der Waals surface area contributed by atoms with Crippen LogP contribution in [-0.4, -0.2) is 74.2 Å². The Labute approximate surface area is 265 Å². The van der Waals surface area contributed by atoms with Crippen molar-refractivity contribution < 1.29 is 9.90 Å². The summed E-state index contributed by atoms with van der Waals surface area (Å²) in [6.07, 6.45) is 3.05. The molecule has 228 valence electrons. The first-order chi connectivity index (χ1) is 20.9. The summed E-state index contributed by atoms with van der Waals surface area (Å²) in [7, 11) is 1.91. The van der Waals surface area contributed by atoms with Gasteiger partial charge in [-0.25, -0.2) is 14.3 Å². The molecule has 10 nitrogen and oxygen atoms in total. The van der Waals surface area contributed by atoms with E-state index in [2.05, 4.69) is 16.5 Å². The van der Waals surface area contributed by atoms with Crippen LogP contribution in [0.5, 0.6) is 5.75 Å². The molecule has 1 fully saturated rings. The standard InChI is InChI=1S/C32H33Cl2N7O3/c1-7-22(43)39-13-18(5)40-19(15-39)14-38(6)29-24-30(36-27(25(29)34)23-20(33)9-8-10-21(23)42)41(32(44)37-31(24)40)28-17(4)11-12-35-26(28)16(2)3/h7-12,16,18-19,42H,1,13-15H2,2-6H3. The van der Waals surface area contributed by atoms with E-state index in [0.29, 0.717) is 47.9 Å². The lowest BCUT2D eigenvalue weighted by molar-refractivity contribution is -0.127. The highest BCUT2D eigenvalue weighted by Crippen LogP contribution is 2.48. The molecule has 4 aromatic rings. The fraction of sp³-hybridized carbons (Fsp3) is 0.344. The summed E-state index contributed by atoms with van der Waals surface area (Å²) < 4.78 is 1.50. The van der Waals surface area contributed by atoms with Crippen LogP contribution in [-0.2, 0) is 4.79 Å². The molecule has 12 heteroatoms. The SMILES string of the molecule is C=CC(=O)N1CC(C)N2c3nc(=O)n(-c4c(C)ccnc4C(C)C)c4nc(-c5c(O)cccc5Cl)c(Cl)c(c34)N(C)CC2C1. The van der Waals surface area contributed by atoms with Crippen LogP contribution >= 0.6 is 23.2 Å². The molecule has 0 bridgehead atoms. The molecule has 0 aliphatic carbocycles. The maximum Gasteiger partial charge on any atom is 0.355 e. The minimum atomic E-state index is -0.527. The Morgan fingerprint density at radius 1 is 1.14 bits per heavy atom. The molecule has 2 aliphatic rings. The second-order valence-corrected chi connectivity index (χ2v) is 12.5. The molecular weight excluding hydrogens is 601 g/mol. The van der Waals surface area contributed by atoms with Crippen LogP contribution in [0, 0.1) is 6.92 Å². The van der Waals surface area contributed by atoms with Crippen molar-refractivity contribution in [2.75, 3.05) is 36.5 Å². The van der Waals surface area contributed by atoms with Crippen LogP contribution in [0.25, 0.3) is 28.0 Å². The summed E-state index contributed by atoms with van der Waals surface area (Å²) >= 11 is 13.9. The predicted octanol–water partition coefficient (Wildman–Crippen LogP) is 5.33. The molecule has 5 heterocycles. The highest BCUT2D eigenvalue weighted by Gasteiger charge is 2.41. The maximum absolute atomic E-state index is 14.3. The highest BCUT2D eigenvalue weighted by molar-refractivity contribution is 6.39. The number of amides is 1. The van der Waals surface area contributed by atoms with Crippen molar-refractivity contribution in [2.45, 2.75) is 45.7 Å². The van der Waals surface area contributed by atoms with Gasteiger partial charge in [-0.05, 0) is 49.6 Å². The second-order valence-electron chi connectivity index (χ2n) is 11.8. The fourth-order valence-corrected chi connectivity index (χ4v) is 7.20. The molecule has 1 N–H and O–H groups in total. The average molecular weight is 635 g/mol. The third-order valence-corrected chi connectivity index (χ3v) is 9.13. The van der Waals surface area contributed by atoms with Crippen molar-refractivity contribution in [3.63, 3.8) is 0 Å². The van der Waals surface area contributed by atoms with Gasteiger partial charge in [0, 0.05) is 38.9 Å². The minimum absolute atomic E-state index is 0.0105. The number of hydrogen-bond acceptors (Lipinski definition) is 8. The van der Waals surface area contributed by atoms with Crippen molar-refractivity contribution in [1.82, 2.24) is 24.4 Å². The summed E-state index contributed by atoms with van der Waals surface area (Å²) in [5.41, 5.74) is 3.02. The van der Waals surface area contributed by atoms with Gasteiger partial charge in [0.25, 0.3) is 0 Å². The Kier molecular flexibility index (Phi) is 7.53. The van der Waals surface area contributed by atoms with Gasteiger partial charge < -0.3 is 19.8 Å². The van der Waals surface area contributed by atoms with Gasteiger partial charge in [-0.1, -0.05) is 49.7 Å². The Morgan fingerprint density at radius 3 is 2.57 bits per heavy atom. The third-order valence-electron chi connectivity index (χ3n) is 8.46. The van der Waals surface area contributed by atoms with E-state index in [4.69, 9.17) is 33.2 Å². The topological polar surface area (TPSA) is 108 Å². The molecule has 1 amide bonds. The van der Waals surface area contributed by atoms with Crippen LogP contribution in [0.2, 0.25) is 10.0 Å². The molecule has 0 spiro atoms. The van der Waals surface area contributed by atoms with Gasteiger partial charge in [-0.15, -0.1) is 0 Å². The van der Waals surface area contributed by atoms with E-state index in [-0.39, 0.29) is 51.0 Å². The number of halogens is 2. The third kappa shape index (κ3) is 4.59. The number of fused-ring (bicyclic) bond motifs is 2.